The molecular formula is C39H56O7S4. The molecule has 0 amide bonds. The van der Waals surface area contributed by atoms with E-state index in [1.165, 1.54) is 14.2 Å². The molecule has 0 saturated carbocycles. The molecule has 278 valence electrons. The van der Waals surface area contributed by atoms with E-state index in [0.29, 0.717) is 6.42 Å². The minimum Gasteiger partial charge on any atom is -0.469 e. The SMILES string of the molecule is C/C=C/CCCCC[C@H]1C=C2[C@@](C=O)(CC3SCCCS3)C[C@]3(C(=O)OC)O[C@]24O[C@@H](C2(CC/C=C/C)SCCCS2)C[C@H]1[C@@H]4[C@H]3C(=O)OC. The maximum Gasteiger partial charge on any atom is 0.339 e. The second-order valence-corrected chi connectivity index (χ2v) is 20.8. The molecule has 5 fully saturated rings. The molecule has 1 aliphatic carbocycles. The lowest BCUT2D eigenvalue weighted by Crippen LogP contribution is -2.65. The Morgan fingerprint density at radius 1 is 0.960 bits per heavy atom. The summed E-state index contributed by atoms with van der Waals surface area (Å²) in [5, 5.41) is 0. The van der Waals surface area contributed by atoms with Crippen molar-refractivity contribution >= 4 is 65.3 Å². The molecule has 0 radical (unpaired) electrons. The highest BCUT2D eigenvalue weighted by molar-refractivity contribution is 8.19. The number of aldehydes is 1. The first-order valence-electron chi connectivity index (χ1n) is 18.8. The Morgan fingerprint density at radius 3 is 2.36 bits per heavy atom. The van der Waals surface area contributed by atoms with Crippen LogP contribution in [0.25, 0.3) is 0 Å². The Kier molecular flexibility index (Phi) is 13.0. The van der Waals surface area contributed by atoms with Gasteiger partial charge in [-0.25, -0.2) is 4.79 Å². The van der Waals surface area contributed by atoms with Crippen molar-refractivity contribution in [1.82, 2.24) is 0 Å². The number of thioether (sulfide) groups is 4. The summed E-state index contributed by atoms with van der Waals surface area (Å²) in [6, 6.07) is 0. The van der Waals surface area contributed by atoms with Gasteiger partial charge in [0, 0.05) is 12.3 Å². The minimum atomic E-state index is -1.69. The number of hydrogen-bond donors (Lipinski definition) is 0. The predicted octanol–water partition coefficient (Wildman–Crippen LogP) is 8.62. The quantitative estimate of drug-likeness (QED) is 0.0696. The van der Waals surface area contributed by atoms with Gasteiger partial charge in [0.2, 0.25) is 0 Å². The van der Waals surface area contributed by atoms with E-state index in [1.807, 2.05) is 47.0 Å². The van der Waals surface area contributed by atoms with Gasteiger partial charge in [-0.2, -0.15) is 0 Å². The van der Waals surface area contributed by atoms with Crippen molar-refractivity contribution in [2.75, 3.05) is 37.2 Å². The number of esters is 2. The van der Waals surface area contributed by atoms with Crippen LogP contribution < -0.4 is 0 Å². The van der Waals surface area contributed by atoms with Gasteiger partial charge in [-0.15, -0.1) is 47.0 Å². The monoisotopic (exact) mass is 764 g/mol. The van der Waals surface area contributed by atoms with E-state index >= 15 is 0 Å². The highest BCUT2D eigenvalue weighted by Gasteiger charge is 2.82. The third-order valence-electron chi connectivity index (χ3n) is 12.0. The summed E-state index contributed by atoms with van der Waals surface area (Å²) >= 11 is 7.81. The molecule has 0 unspecified atom stereocenters. The minimum absolute atomic E-state index is 0.0197. The van der Waals surface area contributed by atoms with E-state index in [0.717, 1.165) is 99.1 Å². The van der Waals surface area contributed by atoms with Crippen LogP contribution in [0.3, 0.4) is 0 Å². The third kappa shape index (κ3) is 6.96. The molecule has 11 heteroatoms. The summed E-state index contributed by atoms with van der Waals surface area (Å²) in [6.07, 6.45) is 22.9. The molecule has 6 rings (SSSR count). The van der Waals surface area contributed by atoms with Gasteiger partial charge >= 0.3 is 11.9 Å². The lowest BCUT2D eigenvalue weighted by molar-refractivity contribution is -0.315. The Balaban J connectivity index is 1.51. The predicted molar refractivity (Wildman–Crippen MR) is 207 cm³/mol. The second kappa shape index (κ2) is 16.7. The normalized spacial score (nSPS) is 37.8. The molecule has 7 nitrogen and oxygen atoms in total. The zero-order valence-electron chi connectivity index (χ0n) is 30.2. The summed E-state index contributed by atoms with van der Waals surface area (Å²) in [6.45, 7) is 4.13. The zero-order valence-corrected chi connectivity index (χ0v) is 33.5. The molecule has 0 N–H and O–H groups in total. The summed E-state index contributed by atoms with van der Waals surface area (Å²) < 4.78 is 25.8. The molecular weight excluding hydrogens is 709 g/mol. The molecule has 5 heterocycles. The van der Waals surface area contributed by atoms with Crippen LogP contribution in [0.2, 0.25) is 0 Å². The fraction of sp³-hybridized carbons (Fsp3) is 0.769. The second-order valence-electron chi connectivity index (χ2n) is 14.8. The molecule has 6 aliphatic rings. The highest BCUT2D eigenvalue weighted by Crippen LogP contribution is 2.73. The van der Waals surface area contributed by atoms with Crippen molar-refractivity contribution in [2.45, 2.75) is 117 Å². The van der Waals surface area contributed by atoms with E-state index in [-0.39, 0.29) is 33.0 Å². The topological polar surface area (TPSA) is 88.1 Å². The number of methoxy groups -OCH3 is 2. The molecule has 0 aromatic carbocycles. The fourth-order valence-corrected chi connectivity index (χ4v) is 16.5. The van der Waals surface area contributed by atoms with Crippen molar-refractivity contribution in [3.05, 3.63) is 36.0 Å². The van der Waals surface area contributed by atoms with Crippen LogP contribution in [-0.4, -0.2) is 81.6 Å². The van der Waals surface area contributed by atoms with Crippen molar-refractivity contribution in [2.24, 2.45) is 29.1 Å². The summed E-state index contributed by atoms with van der Waals surface area (Å²) in [5.74, 6) is 0.478. The summed E-state index contributed by atoms with van der Waals surface area (Å²) in [4.78, 5) is 42.4. The number of allylic oxidation sites excluding steroid dienone is 5. The number of carbonyl (C=O) groups is 3. The average molecular weight is 765 g/mol. The Hall–Kier alpha value is -0.850. The molecule has 3 bridgehead atoms. The first kappa shape index (κ1) is 38.9. The third-order valence-corrected chi connectivity index (χ3v) is 18.5. The lowest BCUT2D eigenvalue weighted by Gasteiger charge is -2.60. The maximum atomic E-state index is 14.3. The molecule has 5 aliphatic heterocycles. The molecule has 8 atom stereocenters. The van der Waals surface area contributed by atoms with Gasteiger partial charge < -0.3 is 23.7 Å². The molecule has 5 saturated heterocycles. The zero-order chi connectivity index (χ0) is 35.4. The Morgan fingerprint density at radius 2 is 1.68 bits per heavy atom. The van der Waals surface area contributed by atoms with Crippen LogP contribution in [0.5, 0.6) is 0 Å². The number of fused-ring (bicyclic) bond motifs is 1. The van der Waals surface area contributed by atoms with Crippen molar-refractivity contribution in [3.8, 4) is 0 Å². The summed E-state index contributed by atoms with van der Waals surface area (Å²) in [5.41, 5.74) is -1.87. The Labute approximate surface area is 316 Å². The van der Waals surface area contributed by atoms with Crippen LogP contribution in [0.1, 0.15) is 90.9 Å². The van der Waals surface area contributed by atoms with Gasteiger partial charge in [0.15, 0.2) is 11.4 Å². The van der Waals surface area contributed by atoms with E-state index in [2.05, 4.69) is 44.2 Å². The first-order valence-corrected chi connectivity index (χ1v) is 22.8. The van der Waals surface area contributed by atoms with Gasteiger partial charge in [-0.3, -0.25) is 4.79 Å². The van der Waals surface area contributed by atoms with Crippen LogP contribution in [0.4, 0.5) is 0 Å². The lowest BCUT2D eigenvalue weighted by atomic mass is 9.58. The summed E-state index contributed by atoms with van der Waals surface area (Å²) in [7, 11) is 2.75. The number of ether oxygens (including phenoxy) is 4. The number of unbranched alkanes of at least 4 members (excludes halogenated alkanes) is 3. The fourth-order valence-electron chi connectivity index (χ4n) is 9.86. The highest BCUT2D eigenvalue weighted by atomic mass is 32.2. The van der Waals surface area contributed by atoms with Crippen molar-refractivity contribution in [3.63, 3.8) is 0 Å². The van der Waals surface area contributed by atoms with E-state index < -0.39 is 40.6 Å². The van der Waals surface area contributed by atoms with Gasteiger partial charge in [0.05, 0.1) is 34.4 Å². The van der Waals surface area contributed by atoms with E-state index in [4.69, 9.17) is 18.9 Å². The largest absolute Gasteiger partial charge is 0.469 e. The van der Waals surface area contributed by atoms with Gasteiger partial charge in [0.25, 0.3) is 0 Å². The average Bonchev–Trinajstić information content (AvgIpc) is 3.43. The van der Waals surface area contributed by atoms with E-state index in [1.54, 1.807) is 0 Å². The van der Waals surface area contributed by atoms with Crippen molar-refractivity contribution < 1.29 is 33.3 Å². The van der Waals surface area contributed by atoms with Crippen LogP contribution in [-0.2, 0) is 33.3 Å². The number of hydrogen-bond acceptors (Lipinski definition) is 11. The van der Waals surface area contributed by atoms with Crippen LogP contribution in [0, 0.1) is 29.1 Å². The molecule has 1 spiro atoms. The van der Waals surface area contributed by atoms with Gasteiger partial charge in [-0.1, -0.05) is 43.2 Å². The molecule has 0 aromatic heterocycles. The molecule has 50 heavy (non-hydrogen) atoms. The maximum absolute atomic E-state index is 14.3. The van der Waals surface area contributed by atoms with Crippen LogP contribution >= 0.6 is 47.0 Å². The number of carbonyl (C=O) groups excluding carboxylic acids is 3. The number of rotatable bonds is 15. The van der Waals surface area contributed by atoms with E-state index in [9.17, 15) is 14.4 Å². The van der Waals surface area contributed by atoms with Crippen molar-refractivity contribution in [1.29, 1.82) is 0 Å². The molecule has 0 aromatic rings. The van der Waals surface area contributed by atoms with Crippen LogP contribution in [0.15, 0.2) is 36.0 Å². The Bertz CT molecular complexity index is 1320. The first-order chi connectivity index (χ1) is 24.3. The van der Waals surface area contributed by atoms with Gasteiger partial charge in [0.1, 0.15) is 12.2 Å². The standard InChI is InChI=1S/C39H56O7S4/c1-5-7-9-10-11-12-16-27-22-29-36(26-40,24-31-47-18-14-19-48-31)25-37(35(42)44-4)33(34(41)43-3)32-28(27)23-30(45-39(29,32)46-37)38(17-13-8-6-2)49-20-15-21-50-38/h5-8,22,26-28,30-33H,9-21,23-25H2,1-4H3/b7-5+,8-6+/t27-,28+,30+,32+,33-,36-,37-,39+/m0/s1. The smallest absolute Gasteiger partial charge is 0.339 e. The van der Waals surface area contributed by atoms with Gasteiger partial charge in [-0.05, 0) is 112 Å².